The van der Waals surface area contributed by atoms with Crippen molar-refractivity contribution in [3.05, 3.63) is 60.2 Å². The first-order chi connectivity index (χ1) is 12.4. The molecule has 8 heteroatoms. The van der Waals surface area contributed by atoms with Crippen molar-refractivity contribution in [1.82, 2.24) is 4.72 Å². The fourth-order valence-electron chi connectivity index (χ4n) is 2.14. The normalized spacial score (nSPS) is 11.0. The Morgan fingerprint density at radius 2 is 1.77 bits per heavy atom. The maximum Gasteiger partial charge on any atom is 0.338 e. The molecule has 7 nitrogen and oxygen atoms in total. The minimum Gasteiger partial charge on any atom is -0.462 e. The van der Waals surface area contributed by atoms with E-state index >= 15 is 0 Å². The number of hydrogen-bond donors (Lipinski definition) is 2. The first-order valence-corrected chi connectivity index (χ1v) is 9.52. The van der Waals surface area contributed by atoms with Gasteiger partial charge < -0.3 is 10.1 Å². The maximum atomic E-state index is 12.1. The summed E-state index contributed by atoms with van der Waals surface area (Å²) in [5.41, 5.74) is 0.765. The molecule has 0 atom stereocenters. The van der Waals surface area contributed by atoms with Crippen molar-refractivity contribution in [2.75, 3.05) is 18.5 Å². The van der Waals surface area contributed by atoms with Crippen LogP contribution in [0.2, 0.25) is 0 Å². The zero-order chi connectivity index (χ0) is 19.0. The molecule has 0 bridgehead atoms. The van der Waals surface area contributed by atoms with Crippen molar-refractivity contribution in [3.63, 3.8) is 0 Å². The molecule has 0 radical (unpaired) electrons. The fraction of sp³-hybridized carbons (Fsp3) is 0.222. The Morgan fingerprint density at radius 1 is 1.04 bits per heavy atom. The van der Waals surface area contributed by atoms with Gasteiger partial charge in [0, 0.05) is 18.7 Å². The molecule has 2 aromatic rings. The molecule has 0 unspecified atom stereocenters. The topological polar surface area (TPSA) is 102 Å². The van der Waals surface area contributed by atoms with Crippen LogP contribution in [0.15, 0.2) is 59.5 Å². The van der Waals surface area contributed by atoms with Gasteiger partial charge >= 0.3 is 5.97 Å². The van der Waals surface area contributed by atoms with Gasteiger partial charge in [-0.25, -0.2) is 17.9 Å². The second-order valence-corrected chi connectivity index (χ2v) is 7.08. The minimum absolute atomic E-state index is 0.0410. The Balaban J connectivity index is 1.88. The van der Waals surface area contributed by atoms with Gasteiger partial charge in [-0.3, -0.25) is 4.79 Å². The SMILES string of the molecule is CCOC(=O)c1cccc(NC(=O)CCNS(=O)(=O)c2ccccc2)c1. The predicted molar refractivity (Wildman–Crippen MR) is 97.3 cm³/mol. The van der Waals surface area contributed by atoms with Crippen LogP contribution in [-0.4, -0.2) is 33.4 Å². The van der Waals surface area contributed by atoms with Crippen LogP contribution < -0.4 is 10.0 Å². The number of ether oxygens (including phenoxy) is 1. The van der Waals surface area contributed by atoms with Crippen LogP contribution in [0.3, 0.4) is 0 Å². The predicted octanol–water partition coefficient (Wildman–Crippen LogP) is 2.17. The van der Waals surface area contributed by atoms with Gasteiger partial charge in [-0.2, -0.15) is 0 Å². The number of amides is 1. The molecule has 0 saturated carbocycles. The molecule has 2 aromatic carbocycles. The van der Waals surface area contributed by atoms with E-state index in [0.717, 1.165) is 0 Å². The largest absolute Gasteiger partial charge is 0.462 e. The fourth-order valence-corrected chi connectivity index (χ4v) is 3.20. The number of benzene rings is 2. The van der Waals surface area contributed by atoms with Gasteiger partial charge in [-0.15, -0.1) is 0 Å². The van der Waals surface area contributed by atoms with E-state index in [1.807, 2.05) is 0 Å². The average Bonchev–Trinajstić information content (AvgIpc) is 2.63. The van der Waals surface area contributed by atoms with E-state index in [1.165, 1.54) is 18.2 Å². The molecule has 26 heavy (non-hydrogen) atoms. The third kappa shape index (κ3) is 5.68. The van der Waals surface area contributed by atoms with Crippen LogP contribution >= 0.6 is 0 Å². The zero-order valence-electron chi connectivity index (χ0n) is 14.3. The molecule has 0 fully saturated rings. The van der Waals surface area contributed by atoms with E-state index in [9.17, 15) is 18.0 Å². The van der Waals surface area contributed by atoms with Gasteiger partial charge in [0.05, 0.1) is 17.1 Å². The first kappa shape index (κ1) is 19.6. The van der Waals surface area contributed by atoms with Crippen molar-refractivity contribution in [1.29, 1.82) is 0 Å². The summed E-state index contributed by atoms with van der Waals surface area (Å²) in [6.45, 7) is 1.93. The molecule has 0 aliphatic rings. The molecule has 0 spiro atoms. The molecular formula is C18H20N2O5S. The van der Waals surface area contributed by atoms with E-state index in [4.69, 9.17) is 4.74 Å². The van der Waals surface area contributed by atoms with Crippen LogP contribution in [0, 0.1) is 0 Å². The van der Waals surface area contributed by atoms with Gasteiger partial charge in [0.25, 0.3) is 0 Å². The van der Waals surface area contributed by atoms with Crippen LogP contribution in [0.5, 0.6) is 0 Å². The second-order valence-electron chi connectivity index (χ2n) is 5.31. The molecule has 0 aliphatic carbocycles. The van der Waals surface area contributed by atoms with E-state index < -0.39 is 16.0 Å². The summed E-state index contributed by atoms with van der Waals surface area (Å²) < 4.78 is 31.4. The Bertz CT molecular complexity index is 866. The number of rotatable bonds is 8. The van der Waals surface area contributed by atoms with E-state index in [2.05, 4.69) is 10.0 Å². The third-order valence-electron chi connectivity index (χ3n) is 3.36. The van der Waals surface area contributed by atoms with Crippen molar-refractivity contribution in [3.8, 4) is 0 Å². The standard InChI is InChI=1S/C18H20N2O5S/c1-2-25-18(22)14-7-6-8-15(13-14)20-17(21)11-12-19-26(23,24)16-9-4-3-5-10-16/h3-10,13,19H,2,11-12H2,1H3,(H,20,21). The number of hydrogen-bond acceptors (Lipinski definition) is 5. The average molecular weight is 376 g/mol. The highest BCUT2D eigenvalue weighted by atomic mass is 32.2. The Kier molecular flexibility index (Phi) is 6.88. The first-order valence-electron chi connectivity index (χ1n) is 8.04. The summed E-state index contributed by atoms with van der Waals surface area (Å²) in [7, 11) is -3.64. The highest BCUT2D eigenvalue weighted by molar-refractivity contribution is 7.89. The molecule has 2 rings (SSSR count). The van der Waals surface area contributed by atoms with Gasteiger partial charge in [-0.05, 0) is 37.3 Å². The lowest BCUT2D eigenvalue weighted by molar-refractivity contribution is -0.116. The summed E-state index contributed by atoms with van der Waals surface area (Å²) in [6, 6.07) is 14.3. The highest BCUT2D eigenvalue weighted by Gasteiger charge is 2.14. The van der Waals surface area contributed by atoms with Crippen LogP contribution in [-0.2, 0) is 19.6 Å². The molecular weight excluding hydrogens is 356 g/mol. The van der Waals surface area contributed by atoms with Gasteiger partial charge in [0.1, 0.15) is 0 Å². The lowest BCUT2D eigenvalue weighted by Crippen LogP contribution is -2.27. The lowest BCUT2D eigenvalue weighted by Gasteiger charge is -2.08. The van der Waals surface area contributed by atoms with Gasteiger partial charge in [-0.1, -0.05) is 24.3 Å². The number of esters is 1. The number of carbonyl (C=O) groups is 2. The number of nitrogens with one attached hydrogen (secondary N) is 2. The highest BCUT2D eigenvalue weighted by Crippen LogP contribution is 2.12. The van der Waals surface area contributed by atoms with Gasteiger partial charge in [0.2, 0.25) is 15.9 Å². The van der Waals surface area contributed by atoms with E-state index in [-0.39, 0.29) is 30.4 Å². The third-order valence-corrected chi connectivity index (χ3v) is 4.83. The zero-order valence-corrected chi connectivity index (χ0v) is 15.1. The molecule has 138 valence electrons. The number of anilines is 1. The Labute approximate surface area is 152 Å². The quantitative estimate of drug-likeness (QED) is 0.688. The number of sulfonamides is 1. The monoisotopic (exact) mass is 376 g/mol. The number of carbonyl (C=O) groups excluding carboxylic acids is 2. The van der Waals surface area contributed by atoms with Crippen molar-refractivity contribution >= 4 is 27.6 Å². The smallest absolute Gasteiger partial charge is 0.338 e. The summed E-state index contributed by atoms with van der Waals surface area (Å²) >= 11 is 0. The van der Waals surface area contributed by atoms with E-state index in [0.29, 0.717) is 11.3 Å². The molecule has 0 aliphatic heterocycles. The van der Waals surface area contributed by atoms with Gasteiger partial charge in [0.15, 0.2) is 0 Å². The van der Waals surface area contributed by atoms with Crippen LogP contribution in [0.4, 0.5) is 5.69 Å². The summed E-state index contributed by atoms with van der Waals surface area (Å²) in [6.07, 6.45) is -0.0459. The maximum absolute atomic E-state index is 12.1. The van der Waals surface area contributed by atoms with Crippen molar-refractivity contribution in [2.45, 2.75) is 18.2 Å². The van der Waals surface area contributed by atoms with Crippen molar-refractivity contribution < 1.29 is 22.7 Å². The molecule has 0 saturated heterocycles. The summed E-state index contributed by atoms with van der Waals surface area (Å²) in [5, 5.41) is 2.62. The van der Waals surface area contributed by atoms with Crippen molar-refractivity contribution in [2.24, 2.45) is 0 Å². The summed E-state index contributed by atoms with van der Waals surface area (Å²) in [5.74, 6) is -0.846. The molecule has 1 amide bonds. The lowest BCUT2D eigenvalue weighted by atomic mass is 10.2. The second kappa shape index (κ2) is 9.12. The van der Waals surface area contributed by atoms with Crippen LogP contribution in [0.1, 0.15) is 23.7 Å². The molecule has 0 heterocycles. The Morgan fingerprint density at radius 3 is 2.46 bits per heavy atom. The Hall–Kier alpha value is -2.71. The molecule has 2 N–H and O–H groups in total. The summed E-state index contributed by atoms with van der Waals surface area (Å²) in [4.78, 5) is 23.8. The minimum atomic E-state index is -3.64. The van der Waals surface area contributed by atoms with E-state index in [1.54, 1.807) is 43.3 Å². The van der Waals surface area contributed by atoms with Crippen LogP contribution in [0.25, 0.3) is 0 Å². The molecule has 0 aromatic heterocycles.